The second-order valence-electron chi connectivity index (χ2n) is 24.1. The molecule has 0 bridgehead atoms. The maximum atomic E-state index is 13.1. The molecule has 7 unspecified atom stereocenters. The fraction of sp³-hybridized carbons (Fsp3) is 0.720. The van der Waals surface area contributed by atoms with Crippen LogP contribution in [0.5, 0.6) is 0 Å². The maximum absolute atomic E-state index is 13.1. The summed E-state index contributed by atoms with van der Waals surface area (Å²) in [6.45, 7) is 0.665. The van der Waals surface area contributed by atoms with Gasteiger partial charge in [-0.1, -0.05) is 25.7 Å². The number of rotatable bonds is 35. The number of nitrogens with one attached hydrogen (secondary N) is 3. The summed E-state index contributed by atoms with van der Waals surface area (Å²) in [4.78, 5) is 175. The lowest BCUT2D eigenvalue weighted by atomic mass is 9.90. The van der Waals surface area contributed by atoms with Gasteiger partial charge in [-0.15, -0.1) is 5.06 Å². The molecule has 0 spiro atoms. The van der Waals surface area contributed by atoms with E-state index in [1.165, 1.54) is 4.57 Å². The molecular weight excluding hydrogens is 1570 g/mol. The number of aromatic amines is 1. The summed E-state index contributed by atoms with van der Waals surface area (Å²) in [5, 5.41) is 14.9. The summed E-state index contributed by atoms with van der Waals surface area (Å²) in [5.74, 6) is -5.27. The lowest BCUT2D eigenvalue weighted by Crippen LogP contribution is -2.49. The molecule has 5 aliphatic heterocycles. The Morgan fingerprint density at radius 1 is 0.594 bits per heavy atom. The van der Waals surface area contributed by atoms with Gasteiger partial charge in [-0.25, -0.2) is 37.2 Å². The van der Waals surface area contributed by atoms with E-state index in [1.807, 2.05) is 15.5 Å². The minimum Gasteiger partial charge on any atom is -0.390 e. The number of carbonyl (C=O) groups excluding carboxylic acids is 6. The van der Waals surface area contributed by atoms with Crippen molar-refractivity contribution in [3.63, 3.8) is 0 Å². The first-order valence-electron chi connectivity index (χ1n) is 32.3. The van der Waals surface area contributed by atoms with Crippen molar-refractivity contribution in [3.05, 3.63) is 16.7 Å². The number of amides is 4. The predicted octanol–water partition coefficient (Wildman–Crippen LogP) is 3.49. The fourth-order valence-corrected chi connectivity index (χ4v) is 18.8. The molecule has 0 radical (unpaired) electrons. The zero-order valence-corrected chi connectivity index (χ0v) is 60.9. The number of Topliss-reactive ketones (excluding diaryl/α,β-unsaturated/α-hetero) is 1. The lowest BCUT2D eigenvalue weighted by molar-refractivity contribution is -0.197. The molecular formula is C50H77F6N15O29P6. The van der Waals surface area contributed by atoms with E-state index in [0.717, 1.165) is 6.33 Å². The molecule has 3 aromatic heterocycles. The van der Waals surface area contributed by atoms with E-state index in [1.54, 1.807) is 9.80 Å². The van der Waals surface area contributed by atoms with Crippen LogP contribution in [-0.4, -0.2) is 205 Å². The monoisotopic (exact) mass is 1650 g/mol. The zero-order valence-electron chi connectivity index (χ0n) is 55.5. The summed E-state index contributed by atoms with van der Waals surface area (Å²) >= 11 is 0. The Hall–Kier alpha value is -5.90. The molecule has 8 heterocycles. The average molecular weight is 1650 g/mol. The Labute approximate surface area is 595 Å². The number of aliphatic hydroxyl groups is 1. The first-order valence-corrected chi connectivity index (χ1v) is 41.2. The molecule has 44 nitrogen and oxygen atoms in total. The summed E-state index contributed by atoms with van der Waals surface area (Å²) in [7, 11) is -36.5. The van der Waals surface area contributed by atoms with Crippen LogP contribution in [0.25, 0.3) is 11.2 Å². The number of fused-ring (bicyclic) bond motifs is 1. The summed E-state index contributed by atoms with van der Waals surface area (Å²) in [6.07, 6.45) is -6.44. The SMILES string of the molecule is NCCCCCCOP(=O)(O)OP(=O)(O)OP(=O)(O)OP(=O)(O)OP(=O)(O)OP(=O)(O)OC[C@H]1O[C@@H](n2cnc3c(=O)[nH]c(N)nc32)CC1O.O=C(CCCCCCC(=O)C1CCN(c2nc(N3CCC(NC(=O)C(F)(F)F)CC3)nc(N3CCC(NC(=O)C(F)(F)F)CC3)n2)CC1)ON1C(=O)CCC1=O. The third-order valence-electron chi connectivity index (χ3n) is 16.1. The second-order valence-corrected chi connectivity index (χ2v) is 33.6. The van der Waals surface area contributed by atoms with Crippen molar-refractivity contribution in [1.82, 2.24) is 50.2 Å². The highest BCUT2D eigenvalue weighted by Crippen LogP contribution is 2.75. The number of ether oxygens (including phenoxy) is 1. The van der Waals surface area contributed by atoms with Gasteiger partial charge in [-0.3, -0.25) is 47.4 Å². The fourth-order valence-electron chi connectivity index (χ4n) is 11.0. The molecule has 5 saturated heterocycles. The van der Waals surface area contributed by atoms with Crippen LogP contribution in [0, 0.1) is 5.92 Å². The highest BCUT2D eigenvalue weighted by molar-refractivity contribution is 7.72. The van der Waals surface area contributed by atoms with E-state index in [0.29, 0.717) is 94.9 Å². The number of piperidine rings is 3. The maximum Gasteiger partial charge on any atom is 0.490 e. The Balaban J connectivity index is 0.000000298. The van der Waals surface area contributed by atoms with Gasteiger partial charge in [0.05, 0.1) is 25.6 Å². The number of aliphatic hydroxyl groups excluding tert-OH is 1. The number of ketones is 1. The van der Waals surface area contributed by atoms with Crippen LogP contribution >= 0.6 is 46.9 Å². The highest BCUT2D eigenvalue weighted by atomic mass is 31.3. The first kappa shape index (κ1) is 87.3. The van der Waals surface area contributed by atoms with Gasteiger partial charge in [-0.05, 0) is 70.8 Å². The van der Waals surface area contributed by atoms with Gasteiger partial charge >= 0.3 is 77.1 Å². The molecule has 5 aliphatic rings. The number of H-pyrrole nitrogens is 1. The van der Waals surface area contributed by atoms with Gasteiger partial charge in [0.1, 0.15) is 18.1 Å². The lowest BCUT2D eigenvalue weighted by Gasteiger charge is -2.36. The molecule has 4 amide bonds. The molecule has 106 heavy (non-hydrogen) atoms. The number of nitrogens with zero attached hydrogens (tertiary/aromatic N) is 10. The van der Waals surface area contributed by atoms with E-state index in [9.17, 15) is 122 Å². The second kappa shape index (κ2) is 37.2. The number of phosphoric ester groups is 2. The van der Waals surface area contributed by atoms with E-state index >= 15 is 0 Å². The average Bonchev–Trinajstić information content (AvgIpc) is 1.51. The molecule has 8 rings (SSSR count). The van der Waals surface area contributed by atoms with E-state index in [2.05, 4.69) is 60.5 Å². The van der Waals surface area contributed by atoms with Gasteiger partial charge in [0.25, 0.3) is 17.4 Å². The number of alkyl halides is 6. The Morgan fingerprint density at radius 3 is 1.48 bits per heavy atom. The van der Waals surface area contributed by atoms with Crippen molar-refractivity contribution in [2.75, 3.05) is 79.5 Å². The molecule has 3 aromatic rings. The van der Waals surface area contributed by atoms with Crippen molar-refractivity contribution < 1.29 is 157 Å². The largest absolute Gasteiger partial charge is 0.490 e. The molecule has 0 aromatic carbocycles. The minimum absolute atomic E-state index is 0.0209. The number of imide groups is 1. The number of phosphoric acid groups is 6. The van der Waals surface area contributed by atoms with Crippen molar-refractivity contribution in [1.29, 1.82) is 0 Å². The molecule has 56 heteroatoms. The quantitative estimate of drug-likeness (QED) is 0.0173. The summed E-state index contributed by atoms with van der Waals surface area (Å²) in [5.41, 5.74) is 9.95. The number of hydroxylamine groups is 2. The van der Waals surface area contributed by atoms with Gasteiger partial charge in [0.15, 0.2) is 11.2 Å². The number of unbranched alkanes of at least 4 members (excludes halogenated alkanes) is 6. The number of halogens is 6. The standard InChI is InChI=1S/C34H45F6N9O7.C16H32N6O22P6/c35-33(36,37)28(54)41-22-11-17-47(18-12-22)31-43-30(44-32(45-31)48-19-13-23(14-20-48)42-29(55)34(38,39)40)46-15-9-21(10-16-46)24(50)5-3-1-2-4-6-27(53)56-49-25(51)7-8-26(49)52;17-5-3-1-2-4-6-37-45(25,26)40-47(29,30)42-49(33,34)44-50(35,36)43-48(31,32)41-46(27,28)38-8-11-10(23)7-12(39-11)22-9-19-13-14(22)20-16(18)21-15(13)24/h21-23H,1-20H2,(H,41,54)(H,42,55);9-12,23H,1-8,17H2,(H,25,26)(H,27,28)(H,29,30)(H,31,32)(H,33,34)(H,35,36)(H3,18,20,21,24)/t;10?,11-,12-/m.1/s1. The summed E-state index contributed by atoms with van der Waals surface area (Å²) in [6, 6.07) is -1.40. The third-order valence-corrected chi connectivity index (χ3v) is 25.3. The molecule has 0 saturated carbocycles. The normalized spacial score (nSPS) is 22.3. The number of imidazole rings is 1. The smallest absolute Gasteiger partial charge is 0.390 e. The van der Waals surface area contributed by atoms with Gasteiger partial charge in [-0.2, -0.15) is 67.8 Å². The Kier molecular flexibility index (Phi) is 30.7. The van der Waals surface area contributed by atoms with Crippen LogP contribution < -0.4 is 42.4 Å². The van der Waals surface area contributed by atoms with Crippen LogP contribution in [0.15, 0.2) is 11.1 Å². The van der Waals surface area contributed by atoms with Crippen LogP contribution in [0.2, 0.25) is 0 Å². The van der Waals surface area contributed by atoms with Crippen LogP contribution in [0.4, 0.5) is 50.1 Å². The first-order chi connectivity index (χ1) is 49.3. The van der Waals surface area contributed by atoms with Gasteiger partial charge in [0.2, 0.25) is 23.8 Å². The van der Waals surface area contributed by atoms with Crippen LogP contribution in [0.1, 0.15) is 128 Å². The van der Waals surface area contributed by atoms with Crippen molar-refractivity contribution in [3.8, 4) is 0 Å². The van der Waals surface area contributed by atoms with Crippen molar-refractivity contribution >= 4 is 117 Å². The van der Waals surface area contributed by atoms with E-state index < -0.39 is 138 Å². The molecule has 14 N–H and O–H groups in total. The van der Waals surface area contributed by atoms with E-state index in [-0.39, 0.29) is 125 Å². The third kappa shape index (κ3) is 27.3. The topological polar surface area (TPSA) is 621 Å². The van der Waals surface area contributed by atoms with Crippen LogP contribution in [0.3, 0.4) is 0 Å². The molecule has 598 valence electrons. The van der Waals surface area contributed by atoms with Gasteiger partial charge < -0.3 is 80.8 Å². The predicted molar refractivity (Wildman–Crippen MR) is 344 cm³/mol. The number of nitrogen functional groups attached to an aromatic ring is 1. The van der Waals surface area contributed by atoms with Crippen molar-refractivity contribution in [2.24, 2.45) is 11.7 Å². The molecule has 5 fully saturated rings. The number of aromatic nitrogens is 7. The number of carbonyl (C=O) groups is 6. The van der Waals surface area contributed by atoms with E-state index in [4.69, 9.17) is 21.0 Å². The number of nitrogens with two attached hydrogens (primary N) is 2. The van der Waals surface area contributed by atoms with Crippen molar-refractivity contribution in [2.45, 2.75) is 165 Å². The highest BCUT2D eigenvalue weighted by Gasteiger charge is 2.51. The summed E-state index contributed by atoms with van der Waals surface area (Å²) < 4.78 is 183. The molecule has 9 atom stereocenters. The Bertz CT molecular complexity index is 3900. The number of hydrogen-bond acceptors (Lipinski definition) is 33. The zero-order chi connectivity index (χ0) is 78.4. The number of anilines is 4. The van der Waals surface area contributed by atoms with Crippen LogP contribution in [-0.2, 0) is 96.3 Å². The Morgan fingerprint density at radius 2 is 1.02 bits per heavy atom. The molecule has 0 aliphatic carbocycles. The minimum atomic E-state index is -6.44. The number of hydrogen-bond donors (Lipinski definition) is 12. The van der Waals surface area contributed by atoms with Gasteiger partial charge in [0, 0.05) is 89.4 Å².